The molecule has 0 radical (unpaired) electrons. The Kier molecular flexibility index (Phi) is 8.09. The molecule has 1 amide bonds. The van der Waals surface area contributed by atoms with E-state index < -0.39 is 10.0 Å². The van der Waals surface area contributed by atoms with Gasteiger partial charge in [0.2, 0.25) is 10.0 Å². The summed E-state index contributed by atoms with van der Waals surface area (Å²) in [6, 6.07) is 6.41. The highest BCUT2D eigenvalue weighted by molar-refractivity contribution is 7.89. The van der Waals surface area contributed by atoms with E-state index in [4.69, 9.17) is 0 Å². The minimum absolute atomic E-state index is 0.0802. The van der Waals surface area contributed by atoms with Gasteiger partial charge in [-0.1, -0.05) is 25.7 Å². The predicted molar refractivity (Wildman–Crippen MR) is 116 cm³/mol. The van der Waals surface area contributed by atoms with Gasteiger partial charge >= 0.3 is 0 Å². The summed E-state index contributed by atoms with van der Waals surface area (Å²) in [6.45, 7) is 3.99. The molecule has 2 fully saturated rings. The molecule has 1 saturated carbocycles. The second-order valence-corrected chi connectivity index (χ2v) is 10.3. The monoisotopic (exact) mass is 421 g/mol. The number of rotatable bonds is 8. The molecule has 1 saturated heterocycles. The summed E-state index contributed by atoms with van der Waals surface area (Å²) >= 11 is 0. The fourth-order valence-corrected chi connectivity index (χ4v) is 5.79. The zero-order chi connectivity index (χ0) is 20.7. The molecule has 3 rings (SSSR count). The Morgan fingerprint density at radius 3 is 2.31 bits per heavy atom. The van der Waals surface area contributed by atoms with Gasteiger partial charge in [-0.25, -0.2) is 8.42 Å². The van der Waals surface area contributed by atoms with Crippen LogP contribution in [0.15, 0.2) is 29.2 Å². The van der Waals surface area contributed by atoms with Crippen molar-refractivity contribution in [2.45, 2.75) is 68.7 Å². The topological polar surface area (TPSA) is 69.7 Å². The van der Waals surface area contributed by atoms with Crippen LogP contribution in [0.4, 0.5) is 0 Å². The standard InChI is InChI=1S/C22H35N3O3S/c1-24(20-9-4-2-5-10-20)29(27,28)21-13-11-19(12-14-21)22(26)23-15-8-18-25-16-6-3-7-17-25/h11-14,20H,2-10,15-18H2,1H3,(H,23,26). The molecular formula is C22H35N3O3S. The van der Waals surface area contributed by atoms with Crippen LogP contribution in [-0.2, 0) is 10.0 Å². The number of sulfonamides is 1. The lowest BCUT2D eigenvalue weighted by molar-refractivity contribution is 0.0951. The van der Waals surface area contributed by atoms with Crippen LogP contribution in [0.5, 0.6) is 0 Å². The van der Waals surface area contributed by atoms with Crippen LogP contribution in [0, 0.1) is 0 Å². The van der Waals surface area contributed by atoms with Crippen molar-refractivity contribution in [1.82, 2.24) is 14.5 Å². The maximum Gasteiger partial charge on any atom is 0.251 e. The maximum atomic E-state index is 12.9. The minimum atomic E-state index is -3.52. The van der Waals surface area contributed by atoms with E-state index in [1.807, 2.05) is 0 Å². The van der Waals surface area contributed by atoms with Crippen LogP contribution >= 0.6 is 0 Å². The zero-order valence-corrected chi connectivity index (χ0v) is 18.4. The van der Waals surface area contributed by atoms with Crippen LogP contribution in [-0.4, -0.2) is 62.8 Å². The second kappa shape index (κ2) is 10.5. The number of benzene rings is 1. The molecular weight excluding hydrogens is 386 g/mol. The number of nitrogens with one attached hydrogen (secondary N) is 1. The van der Waals surface area contributed by atoms with Gasteiger partial charge in [-0.05, 0) is 76.0 Å². The maximum absolute atomic E-state index is 12.9. The average molecular weight is 422 g/mol. The van der Waals surface area contributed by atoms with Crippen molar-refractivity contribution >= 4 is 15.9 Å². The van der Waals surface area contributed by atoms with E-state index in [1.165, 1.54) is 43.1 Å². The Balaban J connectivity index is 1.49. The van der Waals surface area contributed by atoms with Crippen molar-refractivity contribution in [3.8, 4) is 0 Å². The number of nitrogens with zero attached hydrogens (tertiary/aromatic N) is 2. The Labute approximate surface area is 175 Å². The molecule has 1 aromatic carbocycles. The van der Waals surface area contributed by atoms with E-state index >= 15 is 0 Å². The molecule has 0 atom stereocenters. The summed E-state index contributed by atoms with van der Waals surface area (Å²) in [5.74, 6) is -0.145. The number of likely N-dealkylation sites (tertiary alicyclic amines) is 1. The molecule has 0 bridgehead atoms. The van der Waals surface area contributed by atoms with Crippen LogP contribution in [0.2, 0.25) is 0 Å². The number of hydrogen-bond acceptors (Lipinski definition) is 4. The molecule has 0 unspecified atom stereocenters. The number of carbonyl (C=O) groups excluding carboxylic acids is 1. The predicted octanol–water partition coefficient (Wildman–Crippen LogP) is 3.25. The van der Waals surface area contributed by atoms with E-state index in [0.717, 1.165) is 38.6 Å². The van der Waals surface area contributed by atoms with E-state index in [0.29, 0.717) is 12.1 Å². The SMILES string of the molecule is CN(C1CCCCC1)S(=O)(=O)c1ccc(C(=O)NCCCN2CCCCC2)cc1. The molecule has 1 aliphatic heterocycles. The van der Waals surface area contributed by atoms with Crippen LogP contribution < -0.4 is 5.32 Å². The third kappa shape index (κ3) is 6.03. The van der Waals surface area contributed by atoms with Crippen molar-refractivity contribution in [1.29, 1.82) is 0 Å². The minimum Gasteiger partial charge on any atom is -0.352 e. The fourth-order valence-electron chi connectivity index (χ4n) is 4.38. The quantitative estimate of drug-likeness (QED) is 0.654. The summed E-state index contributed by atoms with van der Waals surface area (Å²) < 4.78 is 27.3. The Hall–Kier alpha value is -1.44. The highest BCUT2D eigenvalue weighted by atomic mass is 32.2. The molecule has 0 aromatic heterocycles. The molecule has 1 aliphatic carbocycles. The summed E-state index contributed by atoms with van der Waals surface area (Å²) in [6.07, 6.45) is 10.0. The number of hydrogen-bond donors (Lipinski definition) is 1. The van der Waals surface area contributed by atoms with Gasteiger partial charge in [0.15, 0.2) is 0 Å². The normalized spacial score (nSPS) is 19.4. The van der Waals surface area contributed by atoms with Crippen LogP contribution in [0.1, 0.15) is 68.1 Å². The summed E-state index contributed by atoms with van der Waals surface area (Å²) in [5, 5.41) is 2.95. The van der Waals surface area contributed by atoms with E-state index in [-0.39, 0.29) is 16.8 Å². The Bertz CT molecular complexity index is 752. The number of piperidine rings is 1. The first-order valence-electron chi connectivity index (χ1n) is 11.1. The summed E-state index contributed by atoms with van der Waals surface area (Å²) in [7, 11) is -1.84. The van der Waals surface area contributed by atoms with Crippen molar-refractivity contribution in [3.05, 3.63) is 29.8 Å². The molecule has 1 aromatic rings. The Morgan fingerprint density at radius 1 is 1.03 bits per heavy atom. The van der Waals surface area contributed by atoms with Crippen molar-refractivity contribution in [2.24, 2.45) is 0 Å². The van der Waals surface area contributed by atoms with Gasteiger partial charge in [0, 0.05) is 25.2 Å². The van der Waals surface area contributed by atoms with Gasteiger partial charge in [0.25, 0.3) is 5.91 Å². The first kappa shape index (κ1) is 22.2. The van der Waals surface area contributed by atoms with Gasteiger partial charge in [0.1, 0.15) is 0 Å². The Morgan fingerprint density at radius 2 is 1.66 bits per heavy atom. The molecule has 1 heterocycles. The molecule has 1 N–H and O–H groups in total. The lowest BCUT2D eigenvalue weighted by Crippen LogP contribution is -2.38. The molecule has 0 spiro atoms. The number of carbonyl (C=O) groups is 1. The lowest BCUT2D eigenvalue weighted by Gasteiger charge is -2.30. The third-order valence-electron chi connectivity index (χ3n) is 6.27. The van der Waals surface area contributed by atoms with E-state index in [9.17, 15) is 13.2 Å². The van der Waals surface area contributed by atoms with Gasteiger partial charge in [-0.2, -0.15) is 4.31 Å². The smallest absolute Gasteiger partial charge is 0.251 e. The molecule has 2 aliphatic rings. The lowest BCUT2D eigenvalue weighted by atomic mass is 9.96. The van der Waals surface area contributed by atoms with Crippen molar-refractivity contribution < 1.29 is 13.2 Å². The average Bonchev–Trinajstić information content (AvgIpc) is 2.77. The van der Waals surface area contributed by atoms with Gasteiger partial charge in [-0.3, -0.25) is 4.79 Å². The molecule has 6 nitrogen and oxygen atoms in total. The van der Waals surface area contributed by atoms with Crippen molar-refractivity contribution in [3.63, 3.8) is 0 Å². The molecule has 29 heavy (non-hydrogen) atoms. The van der Waals surface area contributed by atoms with E-state index in [1.54, 1.807) is 31.3 Å². The van der Waals surface area contributed by atoms with Crippen molar-refractivity contribution in [2.75, 3.05) is 33.2 Å². The summed E-state index contributed by atoms with van der Waals surface area (Å²) in [5.41, 5.74) is 0.502. The highest BCUT2D eigenvalue weighted by Crippen LogP contribution is 2.26. The molecule has 7 heteroatoms. The van der Waals surface area contributed by atoms with Gasteiger partial charge in [0.05, 0.1) is 4.90 Å². The molecule has 162 valence electrons. The fraction of sp³-hybridized carbons (Fsp3) is 0.682. The largest absolute Gasteiger partial charge is 0.352 e. The van der Waals surface area contributed by atoms with Crippen LogP contribution in [0.3, 0.4) is 0 Å². The first-order valence-corrected chi connectivity index (χ1v) is 12.5. The number of amides is 1. The zero-order valence-electron chi connectivity index (χ0n) is 17.6. The van der Waals surface area contributed by atoms with Crippen LogP contribution in [0.25, 0.3) is 0 Å². The third-order valence-corrected chi connectivity index (χ3v) is 8.19. The summed E-state index contributed by atoms with van der Waals surface area (Å²) in [4.78, 5) is 15.1. The first-order chi connectivity index (χ1) is 14.0. The second-order valence-electron chi connectivity index (χ2n) is 8.35. The van der Waals surface area contributed by atoms with Gasteiger partial charge < -0.3 is 10.2 Å². The van der Waals surface area contributed by atoms with E-state index in [2.05, 4.69) is 10.2 Å². The van der Waals surface area contributed by atoms with Gasteiger partial charge in [-0.15, -0.1) is 0 Å². The highest BCUT2D eigenvalue weighted by Gasteiger charge is 2.29.